The number of aromatic amines is 1. The largest absolute Gasteiger partial charge is 0.379 e. The van der Waals surface area contributed by atoms with Gasteiger partial charge in [0, 0.05) is 24.7 Å². The van der Waals surface area contributed by atoms with Gasteiger partial charge >= 0.3 is 0 Å². The van der Waals surface area contributed by atoms with Crippen molar-refractivity contribution in [3.63, 3.8) is 0 Å². The topological polar surface area (TPSA) is 56.9 Å². The lowest BCUT2D eigenvalue weighted by atomic mass is 9.89. The van der Waals surface area contributed by atoms with Crippen LogP contribution >= 0.6 is 0 Å². The van der Waals surface area contributed by atoms with Gasteiger partial charge in [0.15, 0.2) is 0 Å². The second kappa shape index (κ2) is 5.83. The first-order valence-electron chi connectivity index (χ1n) is 7.55. The van der Waals surface area contributed by atoms with Crippen LogP contribution in [0.15, 0.2) is 30.5 Å². The van der Waals surface area contributed by atoms with Crippen LogP contribution in [0.4, 0.5) is 10.1 Å². The van der Waals surface area contributed by atoms with Crippen LogP contribution < -0.4 is 10.6 Å². The zero-order chi connectivity index (χ0) is 15.7. The van der Waals surface area contributed by atoms with Gasteiger partial charge in [-0.05, 0) is 49.6 Å². The van der Waals surface area contributed by atoms with Crippen LogP contribution in [0.5, 0.6) is 0 Å². The Bertz CT molecular complexity index is 681. The van der Waals surface area contributed by atoms with E-state index in [0.717, 1.165) is 17.5 Å². The third-order valence-corrected chi connectivity index (χ3v) is 4.34. The Morgan fingerprint density at radius 1 is 1.36 bits per heavy atom. The molecule has 2 atom stereocenters. The molecule has 22 heavy (non-hydrogen) atoms. The van der Waals surface area contributed by atoms with E-state index in [1.165, 1.54) is 6.07 Å². The summed E-state index contributed by atoms with van der Waals surface area (Å²) in [6.45, 7) is 4.61. The fourth-order valence-electron chi connectivity index (χ4n) is 3.20. The third kappa shape index (κ3) is 2.58. The van der Waals surface area contributed by atoms with Crippen molar-refractivity contribution in [3.05, 3.63) is 53.1 Å². The van der Waals surface area contributed by atoms with Gasteiger partial charge < -0.3 is 15.6 Å². The summed E-state index contributed by atoms with van der Waals surface area (Å²) in [6.07, 6.45) is 2.50. The summed E-state index contributed by atoms with van der Waals surface area (Å²) >= 11 is 0. The molecule has 2 heterocycles. The van der Waals surface area contributed by atoms with E-state index in [9.17, 15) is 9.18 Å². The Labute approximate surface area is 129 Å². The van der Waals surface area contributed by atoms with Crippen molar-refractivity contribution in [2.24, 2.45) is 0 Å². The van der Waals surface area contributed by atoms with Gasteiger partial charge in [-0.3, -0.25) is 4.79 Å². The van der Waals surface area contributed by atoms with Crippen molar-refractivity contribution in [1.82, 2.24) is 10.3 Å². The molecule has 1 aliphatic rings. The highest BCUT2D eigenvalue weighted by atomic mass is 19.1. The monoisotopic (exact) mass is 301 g/mol. The normalized spacial score (nSPS) is 19.6. The molecule has 0 spiro atoms. The molecule has 0 saturated heterocycles. The van der Waals surface area contributed by atoms with Gasteiger partial charge in [0.25, 0.3) is 5.91 Å². The van der Waals surface area contributed by atoms with Crippen LogP contribution in [0, 0.1) is 12.7 Å². The summed E-state index contributed by atoms with van der Waals surface area (Å²) in [5, 5.41) is 6.13. The lowest BCUT2D eigenvalue weighted by Gasteiger charge is -2.17. The number of carbonyl (C=O) groups is 1. The molecule has 1 aromatic carbocycles. The molecule has 2 unspecified atom stereocenters. The average molecular weight is 301 g/mol. The fourth-order valence-corrected chi connectivity index (χ4v) is 3.20. The van der Waals surface area contributed by atoms with Crippen molar-refractivity contribution in [2.75, 3.05) is 11.9 Å². The number of rotatable bonds is 4. The Morgan fingerprint density at radius 3 is 2.91 bits per heavy atom. The Morgan fingerprint density at radius 2 is 2.18 bits per heavy atom. The van der Waals surface area contributed by atoms with Crippen LogP contribution in [0.1, 0.15) is 40.9 Å². The van der Waals surface area contributed by atoms with E-state index in [2.05, 4.69) is 22.5 Å². The van der Waals surface area contributed by atoms with Gasteiger partial charge in [-0.2, -0.15) is 0 Å². The maximum absolute atomic E-state index is 13.9. The molecule has 0 bridgehead atoms. The van der Waals surface area contributed by atoms with Crippen molar-refractivity contribution in [1.29, 1.82) is 0 Å². The molecule has 0 radical (unpaired) electrons. The number of amides is 1. The number of H-pyrrole nitrogens is 1. The summed E-state index contributed by atoms with van der Waals surface area (Å²) in [4.78, 5) is 14.8. The summed E-state index contributed by atoms with van der Waals surface area (Å²) in [6, 6.07) is 7.01. The van der Waals surface area contributed by atoms with Gasteiger partial charge in [0.05, 0.1) is 5.69 Å². The van der Waals surface area contributed by atoms with E-state index in [1.54, 1.807) is 18.3 Å². The van der Waals surface area contributed by atoms with Gasteiger partial charge in [-0.15, -0.1) is 0 Å². The number of benzene rings is 1. The summed E-state index contributed by atoms with van der Waals surface area (Å²) in [7, 11) is 0. The van der Waals surface area contributed by atoms with E-state index >= 15 is 0 Å². The molecule has 5 heteroatoms. The molecule has 116 valence electrons. The van der Waals surface area contributed by atoms with Crippen molar-refractivity contribution < 1.29 is 9.18 Å². The van der Waals surface area contributed by atoms with E-state index < -0.39 is 0 Å². The smallest absolute Gasteiger partial charge is 0.267 e. The number of halogens is 1. The number of hydrogen-bond donors (Lipinski definition) is 3. The van der Waals surface area contributed by atoms with Crippen LogP contribution in [0.3, 0.4) is 0 Å². The third-order valence-electron chi connectivity index (χ3n) is 4.34. The lowest BCUT2D eigenvalue weighted by Crippen LogP contribution is -2.27. The first-order valence-corrected chi connectivity index (χ1v) is 7.55. The van der Waals surface area contributed by atoms with Gasteiger partial charge in [-0.1, -0.05) is 6.07 Å². The van der Waals surface area contributed by atoms with Crippen LogP contribution in [0.2, 0.25) is 0 Å². The molecule has 4 nitrogen and oxygen atoms in total. The van der Waals surface area contributed by atoms with Crippen LogP contribution in [-0.4, -0.2) is 23.5 Å². The minimum atomic E-state index is -0.203. The number of aryl methyl sites for hydroxylation is 1. The molecule has 3 N–H and O–H groups in total. The highest BCUT2D eigenvalue weighted by Gasteiger charge is 2.32. The fraction of sp³-hybridized carbons (Fsp3) is 0.353. The van der Waals surface area contributed by atoms with Crippen LogP contribution in [-0.2, 0) is 0 Å². The average Bonchev–Trinajstić information content (AvgIpc) is 3.12. The predicted molar refractivity (Wildman–Crippen MR) is 84.7 cm³/mol. The second-order valence-electron chi connectivity index (χ2n) is 5.82. The molecule has 0 aliphatic carbocycles. The molecule has 0 fully saturated rings. The number of anilines is 1. The molecule has 1 amide bonds. The summed E-state index contributed by atoms with van der Waals surface area (Å²) in [5.41, 5.74) is 3.31. The minimum Gasteiger partial charge on any atom is -0.379 e. The van der Waals surface area contributed by atoms with Gasteiger partial charge in [-0.25, -0.2) is 4.39 Å². The van der Waals surface area contributed by atoms with Crippen molar-refractivity contribution in [2.45, 2.75) is 32.2 Å². The molecule has 3 rings (SSSR count). The molecule has 1 aliphatic heterocycles. The molecule has 2 aromatic rings. The minimum absolute atomic E-state index is 0.111. The van der Waals surface area contributed by atoms with E-state index in [4.69, 9.17) is 0 Å². The standard InChI is InChI=1S/C17H20FN3O/c1-10-5-6-13(18)16-15(10)12(11(2)21-16)7-9-20-17(22)14-4-3-8-19-14/h3-6,8,11-12,19,21H,7,9H2,1-2H3,(H,20,22). The second-order valence-corrected chi connectivity index (χ2v) is 5.82. The highest BCUT2D eigenvalue weighted by Crippen LogP contribution is 2.41. The molecule has 1 aromatic heterocycles. The summed E-state index contributed by atoms with van der Waals surface area (Å²) < 4.78 is 13.9. The van der Waals surface area contributed by atoms with Crippen molar-refractivity contribution in [3.8, 4) is 0 Å². The van der Waals surface area contributed by atoms with Gasteiger partial charge in [0.1, 0.15) is 11.5 Å². The van der Waals surface area contributed by atoms with E-state index in [1.807, 2.05) is 13.0 Å². The lowest BCUT2D eigenvalue weighted by molar-refractivity contribution is 0.0948. The Hall–Kier alpha value is -2.30. The van der Waals surface area contributed by atoms with E-state index in [-0.39, 0.29) is 23.7 Å². The van der Waals surface area contributed by atoms with Crippen molar-refractivity contribution >= 4 is 11.6 Å². The van der Waals surface area contributed by atoms with E-state index in [0.29, 0.717) is 17.9 Å². The number of carbonyl (C=O) groups excluding carboxylic acids is 1. The number of fused-ring (bicyclic) bond motifs is 1. The number of aromatic nitrogens is 1. The maximum Gasteiger partial charge on any atom is 0.267 e. The molecular weight excluding hydrogens is 281 g/mol. The quantitative estimate of drug-likeness (QED) is 0.812. The molecular formula is C17H20FN3O. The maximum atomic E-state index is 13.9. The highest BCUT2D eigenvalue weighted by molar-refractivity contribution is 5.92. The first kappa shape index (κ1) is 14.6. The number of nitrogens with one attached hydrogen (secondary N) is 3. The number of hydrogen-bond acceptors (Lipinski definition) is 2. The Kier molecular flexibility index (Phi) is 3.88. The zero-order valence-electron chi connectivity index (χ0n) is 12.7. The zero-order valence-corrected chi connectivity index (χ0v) is 12.7. The summed E-state index contributed by atoms with van der Waals surface area (Å²) in [5.74, 6) is -0.111. The SMILES string of the molecule is Cc1ccc(F)c2c1C(CCNC(=O)c1ccc[nH]1)C(C)N2. The molecule has 0 saturated carbocycles. The first-order chi connectivity index (χ1) is 10.6. The van der Waals surface area contributed by atoms with Gasteiger partial charge in [0.2, 0.25) is 0 Å². The predicted octanol–water partition coefficient (Wildman–Crippen LogP) is 3.18. The Balaban J connectivity index is 1.67. The van der Waals surface area contributed by atoms with Crippen LogP contribution in [0.25, 0.3) is 0 Å².